The number of nitrogen functional groups attached to an aromatic ring is 2. The first-order valence-electron chi connectivity index (χ1n) is 21.6. The fourth-order valence-electron chi connectivity index (χ4n) is 6.95. The largest absolute Gasteiger partial charge is 0.496 e. The van der Waals surface area contributed by atoms with Gasteiger partial charge in [-0.15, -0.1) is 0 Å². The number of ether oxygens (including phenoxy) is 2. The van der Waals surface area contributed by atoms with Crippen LogP contribution in [0.15, 0.2) is 41.8 Å². The summed E-state index contributed by atoms with van der Waals surface area (Å²) in [4.78, 5) is 49.4. The fraction of sp³-hybridized carbons (Fsp3) is 0.452. The van der Waals surface area contributed by atoms with Crippen molar-refractivity contribution in [2.75, 3.05) is 49.3 Å². The van der Waals surface area contributed by atoms with Gasteiger partial charge in [0.1, 0.15) is 34.3 Å². The van der Waals surface area contributed by atoms with Crippen molar-refractivity contribution < 1.29 is 85.0 Å². The number of carbonyl (C=O) groups is 3. The second-order valence-electron chi connectivity index (χ2n) is 16.3. The van der Waals surface area contributed by atoms with Gasteiger partial charge in [-0.05, 0) is 75.6 Å². The number of anilines is 3. The number of sulfonamides is 2. The number of alkyl halides is 3. The van der Waals surface area contributed by atoms with Crippen molar-refractivity contribution in [1.29, 1.82) is 0 Å². The van der Waals surface area contributed by atoms with Gasteiger partial charge in [0, 0.05) is 36.6 Å². The highest BCUT2D eigenvalue weighted by Gasteiger charge is 2.38. The van der Waals surface area contributed by atoms with Crippen LogP contribution in [0.1, 0.15) is 90.1 Å². The van der Waals surface area contributed by atoms with Crippen LogP contribution >= 0.6 is 0 Å². The number of nitrogens with one attached hydrogen (secondary N) is 3. The van der Waals surface area contributed by atoms with Crippen LogP contribution in [0.5, 0.6) is 11.5 Å². The van der Waals surface area contributed by atoms with Crippen molar-refractivity contribution in [3.05, 3.63) is 82.2 Å². The van der Waals surface area contributed by atoms with Crippen molar-refractivity contribution in [3.8, 4) is 11.5 Å². The van der Waals surface area contributed by atoms with Gasteiger partial charge in [0.25, 0.3) is 0 Å². The van der Waals surface area contributed by atoms with Gasteiger partial charge in [0.05, 0.1) is 43.6 Å². The molecule has 0 bridgehead atoms. The Kier molecular flexibility index (Phi) is 22.0. The van der Waals surface area contributed by atoms with Crippen LogP contribution in [0, 0.1) is 23.3 Å². The number of ketones is 2. The zero-order chi connectivity index (χ0) is 56.1. The molecule has 4 aromatic rings. The SMILES string of the molecule is CCS(=O)(=O)c1ncc(C(=O)c2c(OC)ccc(F)c2F)c(N)n1.COc1ccc(F)c(F)c1C(=O)c1cnc(NC2CCC(NS(C)(=O)=O)CC2)nc1N.CS(=O)(=O)NC1CCC(N)CC1.O=C(O)C(F)(F)F. The Hall–Kier alpha value is -6.35. The van der Waals surface area contributed by atoms with Crippen molar-refractivity contribution >= 4 is 65.0 Å². The number of carboxylic acid groups (broad SMARTS) is 1. The molecule has 410 valence electrons. The molecule has 2 saturated carbocycles. The number of nitrogens with two attached hydrogens (primary N) is 3. The third kappa shape index (κ3) is 18.2. The van der Waals surface area contributed by atoms with Gasteiger partial charge in [-0.3, -0.25) is 9.59 Å². The number of aliphatic carboxylic acids is 1. The zero-order valence-corrected chi connectivity index (χ0v) is 42.4. The van der Waals surface area contributed by atoms with E-state index in [0.29, 0.717) is 25.7 Å². The van der Waals surface area contributed by atoms with Gasteiger partial charge in [-0.25, -0.2) is 72.0 Å². The highest BCUT2D eigenvalue weighted by Crippen LogP contribution is 2.30. The number of carboxylic acids is 1. The van der Waals surface area contributed by atoms with E-state index in [9.17, 15) is 65.6 Å². The summed E-state index contributed by atoms with van der Waals surface area (Å²) in [5.74, 6) is -10.9. The first-order valence-corrected chi connectivity index (χ1v) is 27.0. The van der Waals surface area contributed by atoms with E-state index >= 15 is 0 Å². The maximum atomic E-state index is 14.2. The van der Waals surface area contributed by atoms with Gasteiger partial charge in [0.2, 0.25) is 52.6 Å². The molecule has 0 saturated heterocycles. The minimum Gasteiger partial charge on any atom is -0.496 e. The quantitative estimate of drug-likeness (QED) is 0.0538. The van der Waals surface area contributed by atoms with E-state index in [-0.39, 0.29) is 64.3 Å². The van der Waals surface area contributed by atoms with Gasteiger partial charge in [-0.1, -0.05) is 6.92 Å². The molecule has 0 spiro atoms. The second-order valence-corrected chi connectivity index (χ2v) is 22.0. The van der Waals surface area contributed by atoms with Gasteiger partial charge >= 0.3 is 12.1 Å². The molecule has 0 amide bonds. The Morgan fingerprint density at radius 2 is 1.05 bits per heavy atom. The average Bonchev–Trinajstić information content (AvgIpc) is 3.31. The highest BCUT2D eigenvalue weighted by molar-refractivity contribution is 7.91. The molecule has 2 aromatic heterocycles. The first-order chi connectivity index (χ1) is 34.2. The van der Waals surface area contributed by atoms with E-state index in [1.54, 1.807) is 0 Å². The number of hydrogen-bond donors (Lipinski definition) is 7. The molecule has 2 fully saturated rings. The standard InChI is InChI=1S/C19H23F2N5O4S.C14H13F2N3O4S.C7H16N2O2S.C2HF3O2/c1-30-14-8-7-13(20)16(21)15(14)17(27)12-9-23-19(25-18(12)22)24-10-3-5-11(6-4-10)26-31(2,28)29;1-3-24(21,22)14-18-6-7(13(17)19-14)12(20)10-9(23-2)5-4-8(15)11(10)16;1-12(10,11)9-7-4-2-6(8)3-5-7;3-2(4,5)1(6)7/h7-11,26H,3-6H2,1-2H3,(H3,22,23,24,25);4-6H,3H2,1-2H3,(H2,17,18,19);6-7,9H,2-5,8H2,1H3;(H,6,7). The Bertz CT molecular complexity index is 3000. The first kappa shape index (κ1) is 61.9. The lowest BCUT2D eigenvalue weighted by atomic mass is 9.92. The van der Waals surface area contributed by atoms with Crippen LogP contribution in [0.25, 0.3) is 0 Å². The molecule has 10 N–H and O–H groups in total. The molecule has 2 aliphatic rings. The molecule has 22 nitrogen and oxygen atoms in total. The maximum absolute atomic E-state index is 14.2. The lowest BCUT2D eigenvalue weighted by Crippen LogP contribution is -2.39. The number of benzene rings is 2. The minimum atomic E-state index is -5.08. The lowest BCUT2D eigenvalue weighted by molar-refractivity contribution is -0.192. The molecule has 0 radical (unpaired) electrons. The number of hydrogen-bond acceptors (Lipinski definition) is 19. The predicted molar refractivity (Wildman–Crippen MR) is 253 cm³/mol. The molecule has 0 atom stereocenters. The minimum absolute atomic E-state index is 0.000630. The van der Waals surface area contributed by atoms with Crippen LogP contribution in [0.3, 0.4) is 0 Å². The summed E-state index contributed by atoms with van der Waals surface area (Å²) in [7, 11) is -7.60. The normalized spacial score (nSPS) is 17.9. The van der Waals surface area contributed by atoms with E-state index in [2.05, 4.69) is 34.7 Å². The van der Waals surface area contributed by atoms with E-state index in [4.69, 9.17) is 36.6 Å². The molecule has 2 aliphatic carbocycles. The number of methoxy groups -OCH3 is 2. The molecule has 6 rings (SSSR count). The molecule has 74 heavy (non-hydrogen) atoms. The van der Waals surface area contributed by atoms with E-state index in [1.165, 1.54) is 27.4 Å². The summed E-state index contributed by atoms with van der Waals surface area (Å²) in [5, 5.41) is 9.68. The third-order valence-electron chi connectivity index (χ3n) is 10.6. The number of rotatable bonds is 14. The topological polar surface area (TPSA) is 358 Å². The van der Waals surface area contributed by atoms with Crippen LogP contribution in [0.2, 0.25) is 0 Å². The Labute approximate surface area is 420 Å². The molecule has 32 heteroatoms. The van der Waals surface area contributed by atoms with Crippen molar-refractivity contribution in [1.82, 2.24) is 29.4 Å². The van der Waals surface area contributed by atoms with Crippen molar-refractivity contribution in [2.45, 2.75) is 93.8 Å². The average molecular weight is 1120 g/mol. The van der Waals surface area contributed by atoms with Crippen LogP contribution in [0.4, 0.5) is 48.3 Å². The molecule has 2 heterocycles. The summed E-state index contributed by atoms with van der Waals surface area (Å²) < 4.78 is 170. The summed E-state index contributed by atoms with van der Waals surface area (Å²) in [5.41, 5.74) is 15.3. The summed E-state index contributed by atoms with van der Waals surface area (Å²) in [6.07, 6.45) is 5.49. The van der Waals surface area contributed by atoms with Crippen molar-refractivity contribution in [2.24, 2.45) is 5.73 Å². The maximum Gasteiger partial charge on any atom is 0.490 e. The number of carbonyl (C=O) groups excluding carboxylic acids is 2. The van der Waals surface area contributed by atoms with Crippen LogP contribution < -0.4 is 41.4 Å². The van der Waals surface area contributed by atoms with Gasteiger partial charge < -0.3 is 37.1 Å². The fourth-order valence-corrected chi connectivity index (χ4v) is 9.34. The molecular formula is C42H53F7N10O12S3. The monoisotopic (exact) mass is 1120 g/mol. The van der Waals surface area contributed by atoms with E-state index < -0.39 is 99.0 Å². The smallest absolute Gasteiger partial charge is 0.490 e. The highest BCUT2D eigenvalue weighted by atomic mass is 32.2. The summed E-state index contributed by atoms with van der Waals surface area (Å²) in [6.45, 7) is 1.39. The number of sulfone groups is 1. The molecule has 2 aromatic carbocycles. The Morgan fingerprint density at radius 3 is 1.41 bits per heavy atom. The van der Waals surface area contributed by atoms with Crippen LogP contribution in [-0.4, -0.2) is 131 Å². The molecule has 0 unspecified atom stereocenters. The van der Waals surface area contributed by atoms with Gasteiger partial charge in [0.15, 0.2) is 23.3 Å². The van der Waals surface area contributed by atoms with E-state index in [1.807, 2.05) is 0 Å². The van der Waals surface area contributed by atoms with Crippen molar-refractivity contribution in [3.63, 3.8) is 0 Å². The second kappa shape index (κ2) is 26.2. The number of halogens is 7. The summed E-state index contributed by atoms with van der Waals surface area (Å²) in [6, 6.07) is 4.16. The van der Waals surface area contributed by atoms with Crippen LogP contribution in [-0.2, 0) is 34.7 Å². The van der Waals surface area contributed by atoms with E-state index in [0.717, 1.165) is 68.6 Å². The number of aromatic nitrogens is 4. The predicted octanol–water partition coefficient (Wildman–Crippen LogP) is 3.66. The molecule has 0 aliphatic heterocycles. The third-order valence-corrected chi connectivity index (χ3v) is 13.6. The molecular weight excluding hydrogens is 1070 g/mol. The number of nitrogens with zero attached hydrogens (tertiary/aromatic N) is 4. The lowest BCUT2D eigenvalue weighted by Gasteiger charge is -2.29. The Balaban J connectivity index is 0.000000295. The summed E-state index contributed by atoms with van der Waals surface area (Å²) >= 11 is 0. The Morgan fingerprint density at radius 1 is 0.676 bits per heavy atom. The van der Waals surface area contributed by atoms with Gasteiger partial charge in [-0.2, -0.15) is 18.2 Å². The zero-order valence-electron chi connectivity index (χ0n) is 40.0.